The number of hydrogen-bond donors (Lipinski definition) is 2. The zero-order chi connectivity index (χ0) is 19.9. The van der Waals surface area contributed by atoms with Crippen molar-refractivity contribution >= 4 is 11.7 Å². The molecule has 0 radical (unpaired) electrons. The topological polar surface area (TPSA) is 76.1 Å². The van der Waals surface area contributed by atoms with E-state index < -0.39 is 17.7 Å². The summed E-state index contributed by atoms with van der Waals surface area (Å²) in [5.41, 5.74) is 1.01. The van der Waals surface area contributed by atoms with Gasteiger partial charge in [0.25, 0.3) is 0 Å². The van der Waals surface area contributed by atoms with Crippen LogP contribution in [0.2, 0.25) is 0 Å². The van der Waals surface area contributed by atoms with Crippen LogP contribution in [0.4, 0.5) is 23.7 Å². The summed E-state index contributed by atoms with van der Waals surface area (Å²) in [6.45, 7) is 0.188. The maximum atomic E-state index is 13.4. The summed E-state index contributed by atoms with van der Waals surface area (Å²) < 4.78 is 44.8. The lowest BCUT2D eigenvalue weighted by Crippen LogP contribution is -2.32. The van der Waals surface area contributed by atoms with Crippen LogP contribution in [-0.4, -0.2) is 29.4 Å². The van der Waals surface area contributed by atoms with Crippen molar-refractivity contribution in [1.82, 2.24) is 15.5 Å². The quantitative estimate of drug-likeness (QED) is 0.631. The summed E-state index contributed by atoms with van der Waals surface area (Å²) in [6.07, 6.45) is 0. The van der Waals surface area contributed by atoms with Gasteiger partial charge in [-0.25, -0.2) is 18.0 Å². The monoisotopic (exact) mass is 388 g/mol. The van der Waals surface area contributed by atoms with Crippen LogP contribution in [0.1, 0.15) is 0 Å². The molecule has 0 spiro atoms. The van der Waals surface area contributed by atoms with Crippen LogP contribution in [0.15, 0.2) is 54.6 Å². The van der Waals surface area contributed by atoms with E-state index in [0.29, 0.717) is 11.3 Å². The number of anilines is 1. The summed E-state index contributed by atoms with van der Waals surface area (Å²) in [6, 6.07) is 11.1. The number of hydrogen-bond acceptors (Lipinski definition) is 4. The highest BCUT2D eigenvalue weighted by atomic mass is 19.1. The number of carbonyl (C=O) groups is 1. The zero-order valence-electron chi connectivity index (χ0n) is 14.5. The summed E-state index contributed by atoms with van der Waals surface area (Å²) >= 11 is 0. The Morgan fingerprint density at radius 1 is 0.929 bits per heavy atom. The zero-order valence-corrected chi connectivity index (χ0v) is 14.5. The fourth-order valence-corrected chi connectivity index (χ4v) is 2.25. The molecule has 0 bridgehead atoms. The number of ether oxygens (including phenoxy) is 1. The highest BCUT2D eigenvalue weighted by Crippen LogP contribution is 2.18. The number of urea groups is 1. The van der Waals surface area contributed by atoms with E-state index in [4.69, 9.17) is 4.74 Å². The van der Waals surface area contributed by atoms with Gasteiger partial charge in [-0.05, 0) is 42.5 Å². The second kappa shape index (κ2) is 8.85. The van der Waals surface area contributed by atoms with Gasteiger partial charge in [0, 0.05) is 17.7 Å². The van der Waals surface area contributed by atoms with Crippen LogP contribution in [0.5, 0.6) is 5.88 Å². The molecule has 0 fully saturated rings. The van der Waals surface area contributed by atoms with E-state index in [1.165, 1.54) is 12.1 Å². The lowest BCUT2D eigenvalue weighted by Gasteiger charge is -2.09. The van der Waals surface area contributed by atoms with Gasteiger partial charge in [-0.1, -0.05) is 0 Å². The van der Waals surface area contributed by atoms with E-state index in [2.05, 4.69) is 20.8 Å². The fraction of sp³-hybridized carbons (Fsp3) is 0.105. The summed E-state index contributed by atoms with van der Waals surface area (Å²) in [5.74, 6) is -1.51. The van der Waals surface area contributed by atoms with Gasteiger partial charge in [-0.2, -0.15) is 0 Å². The summed E-state index contributed by atoms with van der Waals surface area (Å²) in [5, 5.41) is 12.5. The molecule has 0 aliphatic rings. The standard InChI is InChI=1S/C19H15F3N4O2/c20-13-3-1-12(2-4-13)16-7-8-18(26-25-16)28-10-9-23-19(27)24-17-11-14(21)5-6-15(17)22/h1-8,11H,9-10H2,(H2,23,24,27). The first-order chi connectivity index (χ1) is 13.5. The predicted octanol–water partition coefficient (Wildman–Crippen LogP) is 3.76. The summed E-state index contributed by atoms with van der Waals surface area (Å²) in [7, 11) is 0. The van der Waals surface area contributed by atoms with Gasteiger partial charge < -0.3 is 15.4 Å². The minimum absolute atomic E-state index is 0.0869. The molecule has 0 unspecified atom stereocenters. The van der Waals surface area contributed by atoms with E-state index >= 15 is 0 Å². The highest BCUT2D eigenvalue weighted by molar-refractivity contribution is 5.89. The Bertz CT molecular complexity index is 950. The molecular weight excluding hydrogens is 373 g/mol. The number of aromatic nitrogens is 2. The number of nitrogens with zero attached hydrogens (tertiary/aromatic N) is 2. The second-order valence-electron chi connectivity index (χ2n) is 5.62. The van der Waals surface area contributed by atoms with Crippen LogP contribution in [0.25, 0.3) is 11.3 Å². The molecule has 3 rings (SSSR count). The van der Waals surface area contributed by atoms with Crippen molar-refractivity contribution in [3.8, 4) is 17.1 Å². The van der Waals surface area contributed by atoms with Gasteiger partial charge in [0.2, 0.25) is 5.88 Å². The Kier molecular flexibility index (Phi) is 6.05. The Morgan fingerprint density at radius 3 is 2.39 bits per heavy atom. The van der Waals surface area contributed by atoms with Crippen molar-refractivity contribution in [1.29, 1.82) is 0 Å². The predicted molar refractivity (Wildman–Crippen MR) is 96.3 cm³/mol. The maximum Gasteiger partial charge on any atom is 0.319 e. The van der Waals surface area contributed by atoms with Gasteiger partial charge in [0.05, 0.1) is 17.9 Å². The number of halogens is 3. The molecule has 28 heavy (non-hydrogen) atoms. The van der Waals surface area contributed by atoms with Crippen LogP contribution in [-0.2, 0) is 0 Å². The van der Waals surface area contributed by atoms with E-state index in [1.807, 2.05) is 0 Å². The molecule has 3 aromatic rings. The Labute approximate surface area is 158 Å². The smallest absolute Gasteiger partial charge is 0.319 e. The third-order valence-electron chi connectivity index (χ3n) is 3.59. The average Bonchev–Trinajstić information content (AvgIpc) is 2.69. The van der Waals surface area contributed by atoms with E-state index in [9.17, 15) is 18.0 Å². The molecule has 0 saturated heterocycles. The lowest BCUT2D eigenvalue weighted by molar-refractivity contribution is 0.246. The molecule has 0 aliphatic heterocycles. The van der Waals surface area contributed by atoms with E-state index in [1.54, 1.807) is 24.3 Å². The number of benzene rings is 2. The molecule has 0 saturated carbocycles. The number of amides is 2. The van der Waals surface area contributed by atoms with E-state index in [0.717, 1.165) is 18.2 Å². The van der Waals surface area contributed by atoms with Crippen molar-refractivity contribution in [2.24, 2.45) is 0 Å². The first-order valence-corrected chi connectivity index (χ1v) is 8.23. The van der Waals surface area contributed by atoms with Crippen LogP contribution >= 0.6 is 0 Å². The molecule has 1 aromatic heterocycles. The fourth-order valence-electron chi connectivity index (χ4n) is 2.25. The molecule has 2 N–H and O–H groups in total. The largest absolute Gasteiger partial charge is 0.475 e. The molecule has 144 valence electrons. The molecule has 2 aromatic carbocycles. The molecule has 9 heteroatoms. The third-order valence-corrected chi connectivity index (χ3v) is 3.59. The van der Waals surface area contributed by atoms with Crippen LogP contribution in [0, 0.1) is 17.5 Å². The molecule has 0 aliphatic carbocycles. The molecular formula is C19H15F3N4O2. The van der Waals surface area contributed by atoms with Crippen molar-refractivity contribution < 1.29 is 22.7 Å². The third kappa shape index (κ3) is 5.19. The van der Waals surface area contributed by atoms with Gasteiger partial charge in [-0.15, -0.1) is 10.2 Å². The highest BCUT2D eigenvalue weighted by Gasteiger charge is 2.08. The van der Waals surface area contributed by atoms with Crippen molar-refractivity contribution in [2.45, 2.75) is 0 Å². The van der Waals surface area contributed by atoms with Gasteiger partial charge >= 0.3 is 6.03 Å². The molecule has 6 nitrogen and oxygen atoms in total. The first kappa shape index (κ1) is 19.2. The molecule has 1 heterocycles. The van der Waals surface area contributed by atoms with Crippen LogP contribution < -0.4 is 15.4 Å². The van der Waals surface area contributed by atoms with Gasteiger partial charge in [0.15, 0.2) is 0 Å². The van der Waals surface area contributed by atoms with Crippen molar-refractivity contribution in [3.05, 3.63) is 72.0 Å². The minimum atomic E-state index is -0.746. The number of nitrogens with one attached hydrogen (secondary N) is 2. The average molecular weight is 388 g/mol. The van der Waals surface area contributed by atoms with Crippen molar-refractivity contribution in [2.75, 3.05) is 18.5 Å². The van der Waals surface area contributed by atoms with Gasteiger partial charge in [-0.3, -0.25) is 0 Å². The first-order valence-electron chi connectivity index (χ1n) is 8.23. The molecule has 2 amide bonds. The summed E-state index contributed by atoms with van der Waals surface area (Å²) in [4.78, 5) is 11.7. The lowest BCUT2D eigenvalue weighted by atomic mass is 10.1. The Hall–Kier alpha value is -3.62. The molecule has 0 atom stereocenters. The van der Waals surface area contributed by atoms with Crippen LogP contribution in [0.3, 0.4) is 0 Å². The van der Waals surface area contributed by atoms with Gasteiger partial charge in [0.1, 0.15) is 24.1 Å². The van der Waals surface area contributed by atoms with E-state index in [-0.39, 0.29) is 30.5 Å². The SMILES string of the molecule is O=C(NCCOc1ccc(-c2ccc(F)cc2)nn1)Nc1cc(F)ccc1F. The second-order valence-corrected chi connectivity index (χ2v) is 5.62. The normalized spacial score (nSPS) is 10.4. The number of carbonyl (C=O) groups excluding carboxylic acids is 1. The Balaban J connectivity index is 1.44. The van der Waals surface area contributed by atoms with Crippen molar-refractivity contribution in [3.63, 3.8) is 0 Å². The number of rotatable bonds is 6. The minimum Gasteiger partial charge on any atom is -0.475 e. The maximum absolute atomic E-state index is 13.4. The Morgan fingerprint density at radius 2 is 1.68 bits per heavy atom.